The van der Waals surface area contributed by atoms with Gasteiger partial charge in [0.05, 0.1) is 0 Å². The summed E-state index contributed by atoms with van der Waals surface area (Å²) in [5, 5.41) is 21.5. The molecule has 0 saturated heterocycles. The van der Waals surface area contributed by atoms with Crippen molar-refractivity contribution in [3.8, 4) is 11.5 Å². The molecule has 0 aliphatic heterocycles. The Balaban J connectivity index is 1.83. The molecule has 0 bridgehead atoms. The van der Waals surface area contributed by atoms with Crippen LogP contribution in [0, 0.1) is 11.7 Å². The Bertz CT molecular complexity index is 688. The number of carbonyl (C=O) groups is 1. The van der Waals surface area contributed by atoms with Gasteiger partial charge in [0.1, 0.15) is 5.82 Å². The molecule has 1 atom stereocenters. The summed E-state index contributed by atoms with van der Waals surface area (Å²) in [7, 11) is 0. The highest BCUT2D eigenvalue weighted by molar-refractivity contribution is 5.78. The largest absolute Gasteiger partial charge is 0.504 e. The Morgan fingerprint density at radius 1 is 1.17 bits per heavy atom. The number of nitrogens with one attached hydrogen (secondary N) is 1. The molecule has 2 aromatic rings. The van der Waals surface area contributed by atoms with Crippen LogP contribution >= 0.6 is 0 Å². The highest BCUT2D eigenvalue weighted by Gasteiger charge is 2.14. The van der Waals surface area contributed by atoms with Gasteiger partial charge in [0.25, 0.3) is 0 Å². The van der Waals surface area contributed by atoms with Crippen molar-refractivity contribution in [2.45, 2.75) is 19.8 Å². The number of amides is 1. The molecule has 0 aliphatic rings. The third-order valence-corrected chi connectivity index (χ3v) is 3.68. The molecule has 1 amide bonds. The van der Waals surface area contributed by atoms with E-state index in [0.29, 0.717) is 24.9 Å². The molecule has 0 saturated carbocycles. The van der Waals surface area contributed by atoms with Crippen molar-refractivity contribution >= 4 is 5.91 Å². The van der Waals surface area contributed by atoms with E-state index in [-0.39, 0.29) is 29.1 Å². The number of rotatable bonds is 6. The lowest BCUT2D eigenvalue weighted by atomic mass is 10.00. The Hall–Kier alpha value is -2.56. The highest BCUT2D eigenvalue weighted by atomic mass is 19.1. The predicted molar refractivity (Wildman–Crippen MR) is 85.8 cm³/mol. The lowest BCUT2D eigenvalue weighted by Gasteiger charge is -2.13. The number of benzene rings is 2. The van der Waals surface area contributed by atoms with E-state index >= 15 is 0 Å². The average Bonchev–Trinajstić information content (AvgIpc) is 2.52. The van der Waals surface area contributed by atoms with E-state index in [1.807, 2.05) is 0 Å². The smallest absolute Gasteiger partial charge is 0.223 e. The number of hydrogen-bond donors (Lipinski definition) is 3. The Morgan fingerprint density at radius 3 is 2.61 bits per heavy atom. The maximum Gasteiger partial charge on any atom is 0.223 e. The third-order valence-electron chi connectivity index (χ3n) is 3.68. The fourth-order valence-corrected chi connectivity index (χ4v) is 2.34. The van der Waals surface area contributed by atoms with Crippen molar-refractivity contribution in [2.75, 3.05) is 6.54 Å². The van der Waals surface area contributed by atoms with Gasteiger partial charge in [-0.25, -0.2) is 4.39 Å². The normalized spacial score (nSPS) is 11.9. The van der Waals surface area contributed by atoms with E-state index < -0.39 is 0 Å². The van der Waals surface area contributed by atoms with Gasteiger partial charge in [0, 0.05) is 12.5 Å². The summed E-state index contributed by atoms with van der Waals surface area (Å²) >= 11 is 0. The molecular formula is C18H20FNO3. The van der Waals surface area contributed by atoms with Gasteiger partial charge in [-0.3, -0.25) is 4.79 Å². The molecule has 0 fully saturated rings. The van der Waals surface area contributed by atoms with Crippen molar-refractivity contribution in [1.29, 1.82) is 0 Å². The van der Waals surface area contributed by atoms with Gasteiger partial charge in [0.15, 0.2) is 11.5 Å². The van der Waals surface area contributed by atoms with Gasteiger partial charge in [-0.05, 0) is 42.2 Å². The van der Waals surface area contributed by atoms with Gasteiger partial charge >= 0.3 is 0 Å². The van der Waals surface area contributed by atoms with Gasteiger partial charge in [-0.1, -0.05) is 31.2 Å². The molecule has 2 rings (SSSR count). The number of halogens is 1. The minimum Gasteiger partial charge on any atom is -0.504 e. The Labute approximate surface area is 134 Å². The van der Waals surface area contributed by atoms with Crippen LogP contribution in [0.15, 0.2) is 42.5 Å². The lowest BCUT2D eigenvalue weighted by molar-refractivity contribution is -0.124. The quantitative estimate of drug-likeness (QED) is 0.718. The first-order valence-corrected chi connectivity index (χ1v) is 7.49. The van der Waals surface area contributed by atoms with E-state index in [1.54, 1.807) is 31.2 Å². The molecule has 1 unspecified atom stereocenters. The zero-order chi connectivity index (χ0) is 16.8. The first-order chi connectivity index (χ1) is 11.0. The molecular weight excluding hydrogens is 297 g/mol. The van der Waals surface area contributed by atoms with Crippen LogP contribution in [0.25, 0.3) is 0 Å². The fourth-order valence-electron chi connectivity index (χ4n) is 2.34. The molecule has 0 heterocycles. The first kappa shape index (κ1) is 16.8. The Morgan fingerprint density at radius 2 is 1.91 bits per heavy atom. The summed E-state index contributed by atoms with van der Waals surface area (Å²) in [5.74, 6) is -1.08. The molecule has 23 heavy (non-hydrogen) atoms. The van der Waals surface area contributed by atoms with Crippen LogP contribution in [0.2, 0.25) is 0 Å². The van der Waals surface area contributed by atoms with Crippen molar-refractivity contribution in [3.05, 3.63) is 59.4 Å². The SMILES string of the molecule is CC(Cc1ccc(O)c(O)c1)C(=O)NCCc1ccccc1F. The van der Waals surface area contributed by atoms with Crippen LogP contribution in [-0.2, 0) is 17.6 Å². The second-order valence-electron chi connectivity index (χ2n) is 5.56. The van der Waals surface area contributed by atoms with Crippen LogP contribution in [0.1, 0.15) is 18.1 Å². The number of aromatic hydroxyl groups is 2. The molecule has 0 aliphatic carbocycles. The summed E-state index contributed by atoms with van der Waals surface area (Å²) in [5.41, 5.74) is 1.33. The minimum absolute atomic E-state index is 0.131. The van der Waals surface area contributed by atoms with Crippen LogP contribution in [0.3, 0.4) is 0 Å². The zero-order valence-corrected chi connectivity index (χ0v) is 12.9. The van der Waals surface area contributed by atoms with Crippen LogP contribution in [-0.4, -0.2) is 22.7 Å². The number of hydrogen-bond acceptors (Lipinski definition) is 3. The lowest BCUT2D eigenvalue weighted by Crippen LogP contribution is -2.32. The summed E-state index contributed by atoms with van der Waals surface area (Å²) < 4.78 is 13.5. The first-order valence-electron chi connectivity index (χ1n) is 7.49. The number of carbonyl (C=O) groups excluding carboxylic acids is 1. The second kappa shape index (κ2) is 7.63. The zero-order valence-electron chi connectivity index (χ0n) is 12.9. The van der Waals surface area contributed by atoms with Gasteiger partial charge in [-0.15, -0.1) is 0 Å². The maximum absolute atomic E-state index is 13.5. The Kier molecular flexibility index (Phi) is 5.57. The van der Waals surface area contributed by atoms with E-state index in [1.165, 1.54) is 18.2 Å². The molecule has 0 radical (unpaired) electrons. The molecule has 2 aromatic carbocycles. The molecule has 4 nitrogen and oxygen atoms in total. The molecule has 0 spiro atoms. The number of phenolic OH excluding ortho intramolecular Hbond substituents is 2. The predicted octanol–water partition coefficient (Wildman–Crippen LogP) is 2.77. The van der Waals surface area contributed by atoms with E-state index in [4.69, 9.17) is 0 Å². The monoisotopic (exact) mass is 317 g/mol. The highest BCUT2D eigenvalue weighted by Crippen LogP contribution is 2.26. The molecule has 3 N–H and O–H groups in total. The van der Waals surface area contributed by atoms with Crippen molar-refractivity contribution in [1.82, 2.24) is 5.32 Å². The summed E-state index contributed by atoms with van der Waals surface area (Å²) in [6, 6.07) is 11.0. The van der Waals surface area contributed by atoms with Crippen molar-refractivity contribution in [3.63, 3.8) is 0 Å². The molecule has 122 valence electrons. The van der Waals surface area contributed by atoms with E-state index in [9.17, 15) is 19.4 Å². The van der Waals surface area contributed by atoms with Gasteiger partial charge < -0.3 is 15.5 Å². The van der Waals surface area contributed by atoms with Crippen LogP contribution < -0.4 is 5.32 Å². The van der Waals surface area contributed by atoms with Crippen LogP contribution in [0.4, 0.5) is 4.39 Å². The fraction of sp³-hybridized carbons (Fsp3) is 0.278. The standard InChI is InChI=1S/C18H20FNO3/c1-12(10-13-6-7-16(21)17(22)11-13)18(23)20-9-8-14-4-2-3-5-15(14)19/h2-7,11-12,21-22H,8-10H2,1H3,(H,20,23). The summed E-state index contributed by atoms with van der Waals surface area (Å²) in [4.78, 5) is 12.1. The summed E-state index contributed by atoms with van der Waals surface area (Å²) in [6.07, 6.45) is 0.879. The van der Waals surface area contributed by atoms with E-state index in [0.717, 1.165) is 5.56 Å². The topological polar surface area (TPSA) is 69.6 Å². The average molecular weight is 317 g/mol. The summed E-state index contributed by atoms with van der Waals surface area (Å²) in [6.45, 7) is 2.15. The third kappa shape index (κ3) is 4.71. The van der Waals surface area contributed by atoms with E-state index in [2.05, 4.69) is 5.32 Å². The molecule has 5 heteroatoms. The van der Waals surface area contributed by atoms with Gasteiger partial charge in [0.2, 0.25) is 5.91 Å². The van der Waals surface area contributed by atoms with Crippen molar-refractivity contribution < 1.29 is 19.4 Å². The molecule has 0 aromatic heterocycles. The minimum atomic E-state index is -0.292. The maximum atomic E-state index is 13.5. The number of phenols is 2. The van der Waals surface area contributed by atoms with Crippen LogP contribution in [0.5, 0.6) is 11.5 Å². The van der Waals surface area contributed by atoms with Gasteiger partial charge in [-0.2, -0.15) is 0 Å². The van der Waals surface area contributed by atoms with Crippen molar-refractivity contribution in [2.24, 2.45) is 5.92 Å². The second-order valence-corrected chi connectivity index (χ2v) is 5.56.